The van der Waals surface area contributed by atoms with Crippen LogP contribution in [0.1, 0.15) is 0 Å². The van der Waals surface area contributed by atoms with E-state index in [0.29, 0.717) is 11.0 Å². The van der Waals surface area contributed by atoms with Crippen molar-refractivity contribution >= 4 is 29.0 Å². The lowest BCUT2D eigenvalue weighted by Gasteiger charge is -2.13. The van der Waals surface area contributed by atoms with Gasteiger partial charge in [-0.1, -0.05) is 11.8 Å². The molecule has 0 aliphatic heterocycles. The number of thioether (sulfide) groups is 1. The van der Waals surface area contributed by atoms with E-state index in [0.717, 1.165) is 16.9 Å². The number of carbonyl (C=O) groups is 1. The Bertz CT molecular complexity index is 922. The molecule has 3 rings (SSSR count). The fourth-order valence-corrected chi connectivity index (χ4v) is 3.17. The Morgan fingerprint density at radius 2 is 1.78 bits per heavy atom. The topological polar surface area (TPSA) is 63.1 Å². The van der Waals surface area contributed by atoms with Crippen molar-refractivity contribution in [1.29, 1.82) is 0 Å². The molecule has 0 fully saturated rings. The lowest BCUT2D eigenvalue weighted by atomic mass is 10.2. The van der Waals surface area contributed by atoms with Crippen molar-refractivity contribution in [1.82, 2.24) is 14.8 Å². The quantitative estimate of drug-likeness (QED) is 0.659. The normalized spacial score (nSPS) is 10.7. The van der Waals surface area contributed by atoms with Gasteiger partial charge >= 0.3 is 0 Å². The zero-order valence-corrected chi connectivity index (χ0v) is 16.1. The van der Waals surface area contributed by atoms with Gasteiger partial charge in [0.1, 0.15) is 5.82 Å². The van der Waals surface area contributed by atoms with E-state index in [9.17, 15) is 9.18 Å². The minimum atomic E-state index is -0.300. The highest BCUT2D eigenvalue weighted by Gasteiger charge is 2.13. The summed E-state index contributed by atoms with van der Waals surface area (Å²) in [7, 11) is 5.75. The smallest absolute Gasteiger partial charge is 0.234 e. The molecule has 1 amide bonds. The van der Waals surface area contributed by atoms with E-state index in [2.05, 4.69) is 15.5 Å². The highest BCUT2D eigenvalue weighted by Crippen LogP contribution is 2.23. The molecule has 0 saturated heterocycles. The first-order valence-electron chi connectivity index (χ1n) is 8.29. The maximum atomic E-state index is 13.1. The third-order valence-corrected chi connectivity index (χ3v) is 4.96. The van der Waals surface area contributed by atoms with Gasteiger partial charge in [-0.2, -0.15) is 0 Å². The van der Waals surface area contributed by atoms with E-state index >= 15 is 0 Å². The molecule has 0 saturated carbocycles. The van der Waals surface area contributed by atoms with Crippen LogP contribution in [0.5, 0.6) is 0 Å². The van der Waals surface area contributed by atoms with Crippen LogP contribution in [0.2, 0.25) is 0 Å². The Morgan fingerprint density at radius 1 is 1.11 bits per heavy atom. The van der Waals surface area contributed by atoms with Crippen LogP contribution in [0, 0.1) is 5.82 Å². The van der Waals surface area contributed by atoms with Gasteiger partial charge in [-0.15, -0.1) is 10.2 Å². The maximum Gasteiger partial charge on any atom is 0.234 e. The number of amides is 1. The molecule has 0 atom stereocenters. The molecule has 0 radical (unpaired) electrons. The Kier molecular flexibility index (Phi) is 5.75. The third kappa shape index (κ3) is 4.65. The number of hydrogen-bond acceptors (Lipinski definition) is 5. The van der Waals surface area contributed by atoms with E-state index in [1.165, 1.54) is 23.9 Å². The van der Waals surface area contributed by atoms with Gasteiger partial charge in [0.2, 0.25) is 5.91 Å². The third-order valence-electron chi connectivity index (χ3n) is 3.94. The zero-order valence-electron chi connectivity index (χ0n) is 15.3. The summed E-state index contributed by atoms with van der Waals surface area (Å²) in [5.41, 5.74) is 2.58. The molecular formula is C19H20FN5OS. The molecule has 0 unspecified atom stereocenters. The van der Waals surface area contributed by atoms with Gasteiger partial charge in [-0.25, -0.2) is 4.39 Å². The second-order valence-corrected chi connectivity index (χ2v) is 7.09. The first-order valence-corrected chi connectivity index (χ1v) is 9.28. The standard InChI is InChI=1S/C19H20FN5OS/c1-24(2)16-10-8-15(9-11-16)21-17(26)12-27-19-23-22-18(25(19)3)13-4-6-14(20)7-5-13/h4-11H,12H2,1-3H3,(H,21,26). The van der Waals surface area contributed by atoms with E-state index < -0.39 is 0 Å². The van der Waals surface area contributed by atoms with Crippen molar-refractivity contribution in [2.75, 3.05) is 30.1 Å². The van der Waals surface area contributed by atoms with Gasteiger partial charge in [0, 0.05) is 38.1 Å². The molecule has 0 aliphatic carbocycles. The molecule has 0 aliphatic rings. The van der Waals surface area contributed by atoms with Crippen LogP contribution in [0.15, 0.2) is 53.7 Å². The summed E-state index contributed by atoms with van der Waals surface area (Å²) in [6, 6.07) is 13.7. The summed E-state index contributed by atoms with van der Waals surface area (Å²) in [5.74, 6) is 0.414. The molecule has 27 heavy (non-hydrogen) atoms. The second kappa shape index (κ2) is 8.22. The number of benzene rings is 2. The van der Waals surface area contributed by atoms with Crippen LogP contribution in [-0.2, 0) is 11.8 Å². The number of aromatic nitrogens is 3. The molecule has 0 spiro atoms. The van der Waals surface area contributed by atoms with Crippen LogP contribution in [0.25, 0.3) is 11.4 Å². The summed E-state index contributed by atoms with van der Waals surface area (Å²) < 4.78 is 14.9. The predicted molar refractivity (Wildman–Crippen MR) is 107 cm³/mol. The zero-order chi connectivity index (χ0) is 19.4. The van der Waals surface area contributed by atoms with Crippen molar-refractivity contribution in [3.05, 3.63) is 54.3 Å². The van der Waals surface area contributed by atoms with Crippen molar-refractivity contribution in [3.63, 3.8) is 0 Å². The summed E-state index contributed by atoms with van der Waals surface area (Å²) in [6.07, 6.45) is 0. The molecule has 8 heteroatoms. The largest absolute Gasteiger partial charge is 0.378 e. The number of anilines is 2. The average Bonchev–Trinajstić information content (AvgIpc) is 3.02. The molecule has 0 bridgehead atoms. The van der Waals surface area contributed by atoms with Crippen LogP contribution >= 0.6 is 11.8 Å². The minimum absolute atomic E-state index is 0.121. The second-order valence-electron chi connectivity index (χ2n) is 6.15. The average molecular weight is 385 g/mol. The summed E-state index contributed by atoms with van der Waals surface area (Å²) in [4.78, 5) is 14.2. The number of halogens is 1. The van der Waals surface area contributed by atoms with Gasteiger partial charge in [-0.3, -0.25) is 4.79 Å². The highest BCUT2D eigenvalue weighted by atomic mass is 32.2. The van der Waals surface area contributed by atoms with E-state index in [4.69, 9.17) is 0 Å². The van der Waals surface area contributed by atoms with Crippen molar-refractivity contribution < 1.29 is 9.18 Å². The van der Waals surface area contributed by atoms with Crippen molar-refractivity contribution in [2.24, 2.45) is 7.05 Å². The number of carbonyl (C=O) groups excluding carboxylic acids is 1. The van der Waals surface area contributed by atoms with Crippen LogP contribution in [0.3, 0.4) is 0 Å². The maximum absolute atomic E-state index is 13.1. The van der Waals surface area contributed by atoms with E-state index in [1.54, 1.807) is 16.7 Å². The molecule has 3 aromatic rings. The molecule has 6 nitrogen and oxygen atoms in total. The van der Waals surface area contributed by atoms with E-state index in [1.807, 2.05) is 50.3 Å². The lowest BCUT2D eigenvalue weighted by Crippen LogP contribution is -2.15. The molecule has 140 valence electrons. The summed E-state index contributed by atoms with van der Waals surface area (Å²) >= 11 is 1.30. The Morgan fingerprint density at radius 3 is 2.41 bits per heavy atom. The molecule has 1 heterocycles. The monoisotopic (exact) mass is 385 g/mol. The number of hydrogen-bond donors (Lipinski definition) is 1. The van der Waals surface area contributed by atoms with Gasteiger partial charge < -0.3 is 14.8 Å². The van der Waals surface area contributed by atoms with Gasteiger partial charge in [0.15, 0.2) is 11.0 Å². The van der Waals surface area contributed by atoms with Gasteiger partial charge in [0.25, 0.3) is 0 Å². The van der Waals surface area contributed by atoms with E-state index in [-0.39, 0.29) is 17.5 Å². The van der Waals surface area contributed by atoms with Gasteiger partial charge in [0.05, 0.1) is 5.75 Å². The lowest BCUT2D eigenvalue weighted by molar-refractivity contribution is -0.113. The van der Waals surface area contributed by atoms with Crippen molar-refractivity contribution in [3.8, 4) is 11.4 Å². The van der Waals surface area contributed by atoms with Crippen LogP contribution in [0.4, 0.5) is 15.8 Å². The first-order chi connectivity index (χ1) is 12.9. The Hall–Kier alpha value is -2.87. The molecule has 1 N–H and O–H groups in total. The molecule has 1 aromatic heterocycles. The Balaban J connectivity index is 1.60. The molecule has 2 aromatic carbocycles. The summed E-state index contributed by atoms with van der Waals surface area (Å²) in [6.45, 7) is 0. The van der Waals surface area contributed by atoms with Crippen LogP contribution in [-0.4, -0.2) is 40.5 Å². The Labute approximate surface area is 161 Å². The van der Waals surface area contributed by atoms with Gasteiger partial charge in [-0.05, 0) is 48.5 Å². The van der Waals surface area contributed by atoms with Crippen molar-refractivity contribution in [2.45, 2.75) is 5.16 Å². The fraction of sp³-hybridized carbons (Fsp3) is 0.211. The SMILES string of the molecule is CN(C)c1ccc(NC(=O)CSc2nnc(-c3ccc(F)cc3)n2C)cc1. The molecular weight excluding hydrogens is 365 g/mol. The number of nitrogens with zero attached hydrogens (tertiary/aromatic N) is 4. The number of rotatable bonds is 6. The fourth-order valence-electron chi connectivity index (χ4n) is 2.46. The number of nitrogens with one attached hydrogen (secondary N) is 1. The highest BCUT2D eigenvalue weighted by molar-refractivity contribution is 7.99. The summed E-state index contributed by atoms with van der Waals surface area (Å²) in [5, 5.41) is 11.7. The van der Waals surface area contributed by atoms with Crippen LogP contribution < -0.4 is 10.2 Å². The predicted octanol–water partition coefficient (Wildman–Crippen LogP) is 3.42. The first kappa shape index (κ1) is 18.9. The minimum Gasteiger partial charge on any atom is -0.378 e.